The number of benzene rings is 1. The molecule has 9 nitrogen and oxygen atoms in total. The van der Waals surface area contributed by atoms with E-state index in [1.165, 1.54) is 16.2 Å². The molecule has 2 aliphatic heterocycles. The summed E-state index contributed by atoms with van der Waals surface area (Å²) >= 11 is 6.79. The Morgan fingerprint density at radius 2 is 1.85 bits per heavy atom. The van der Waals surface area contributed by atoms with E-state index in [0.29, 0.717) is 59.0 Å². The first-order valence-electron chi connectivity index (χ1n) is 12.8. The highest BCUT2D eigenvalue weighted by atomic mass is 32.2. The molecule has 11 heteroatoms. The van der Waals surface area contributed by atoms with Crippen LogP contribution >= 0.6 is 24.0 Å². The molecule has 0 radical (unpaired) electrons. The number of thioether (sulfide) groups is 1. The van der Waals surface area contributed by atoms with Gasteiger partial charge in [-0.1, -0.05) is 60.4 Å². The Kier molecular flexibility index (Phi) is 7.72. The van der Waals surface area contributed by atoms with Crippen molar-refractivity contribution in [1.29, 1.82) is 0 Å². The maximum absolute atomic E-state index is 13.8. The number of rotatable bonds is 5. The lowest BCUT2D eigenvalue weighted by atomic mass is 10.1. The summed E-state index contributed by atoms with van der Waals surface area (Å²) in [4.78, 5) is 50.1. The number of fused-ring (bicyclic) bond motifs is 1. The maximum atomic E-state index is 13.8. The van der Waals surface area contributed by atoms with E-state index in [2.05, 4.69) is 0 Å². The van der Waals surface area contributed by atoms with Crippen LogP contribution in [-0.2, 0) is 9.53 Å². The molecule has 2 aromatic heterocycles. The van der Waals surface area contributed by atoms with Gasteiger partial charge in [0.15, 0.2) is 0 Å². The molecular formula is C28H29N5O4S2. The predicted molar refractivity (Wildman–Crippen MR) is 157 cm³/mol. The van der Waals surface area contributed by atoms with Gasteiger partial charge in [-0.3, -0.25) is 18.9 Å². The molecule has 202 valence electrons. The maximum Gasteiger partial charge on any atom is 0.409 e. The Hall–Kier alpha value is -3.70. The number of ether oxygens (including phenoxy) is 1. The summed E-state index contributed by atoms with van der Waals surface area (Å²) in [6.07, 6.45) is 2.95. The third-order valence-corrected chi connectivity index (χ3v) is 8.27. The van der Waals surface area contributed by atoms with Gasteiger partial charge in [-0.05, 0) is 44.0 Å². The quantitative estimate of drug-likeness (QED) is 0.337. The van der Waals surface area contributed by atoms with Crippen LogP contribution < -0.4 is 10.5 Å². The van der Waals surface area contributed by atoms with E-state index in [1.807, 2.05) is 55.1 Å². The second kappa shape index (κ2) is 11.2. The van der Waals surface area contributed by atoms with Crippen LogP contribution in [0, 0.1) is 6.92 Å². The molecule has 0 saturated carbocycles. The second-order valence-corrected chi connectivity index (χ2v) is 11.0. The minimum Gasteiger partial charge on any atom is -0.450 e. The van der Waals surface area contributed by atoms with Crippen molar-refractivity contribution in [3.8, 4) is 0 Å². The minimum atomic E-state index is -0.351. The molecule has 2 saturated heterocycles. The van der Waals surface area contributed by atoms with Crippen LogP contribution in [0.4, 0.5) is 10.6 Å². The average molecular weight is 564 g/mol. The number of amides is 2. The van der Waals surface area contributed by atoms with Crippen LogP contribution in [0.15, 0.2) is 58.4 Å². The fourth-order valence-corrected chi connectivity index (χ4v) is 6.21. The van der Waals surface area contributed by atoms with Crippen LogP contribution in [0.5, 0.6) is 0 Å². The highest BCUT2D eigenvalue weighted by Crippen LogP contribution is 2.38. The smallest absolute Gasteiger partial charge is 0.409 e. The molecule has 0 spiro atoms. The normalized spacial score (nSPS) is 17.8. The average Bonchev–Trinajstić information content (AvgIpc) is 3.23. The highest BCUT2D eigenvalue weighted by molar-refractivity contribution is 8.26. The van der Waals surface area contributed by atoms with Crippen LogP contribution in [-0.4, -0.2) is 68.3 Å². The Morgan fingerprint density at radius 1 is 1.13 bits per heavy atom. The van der Waals surface area contributed by atoms with E-state index in [0.717, 1.165) is 11.1 Å². The van der Waals surface area contributed by atoms with Gasteiger partial charge in [0, 0.05) is 32.4 Å². The fourth-order valence-electron chi connectivity index (χ4n) is 4.81. The molecule has 1 unspecified atom stereocenters. The number of carbonyl (C=O) groups excluding carboxylic acids is 2. The number of anilines is 1. The van der Waals surface area contributed by atoms with Crippen LogP contribution in [0.2, 0.25) is 0 Å². The van der Waals surface area contributed by atoms with Crippen molar-refractivity contribution >= 4 is 57.8 Å². The number of thiocarbonyl (C=S) groups is 1. The number of pyridine rings is 1. The first-order valence-corrected chi connectivity index (χ1v) is 14.0. The molecule has 0 bridgehead atoms. The zero-order chi connectivity index (χ0) is 27.7. The summed E-state index contributed by atoms with van der Waals surface area (Å²) in [5.74, 6) is 0.243. The molecule has 4 heterocycles. The molecule has 1 atom stereocenters. The number of piperazine rings is 1. The van der Waals surface area contributed by atoms with Crippen molar-refractivity contribution in [3.05, 3.63) is 80.6 Å². The zero-order valence-corrected chi connectivity index (χ0v) is 23.6. The van der Waals surface area contributed by atoms with E-state index in [1.54, 1.807) is 35.1 Å². The highest BCUT2D eigenvalue weighted by Gasteiger charge is 2.37. The topological polar surface area (TPSA) is 87.5 Å². The summed E-state index contributed by atoms with van der Waals surface area (Å²) in [6.45, 7) is 7.74. The molecule has 3 aromatic rings. The lowest BCUT2D eigenvalue weighted by Crippen LogP contribution is -2.49. The van der Waals surface area contributed by atoms with E-state index in [4.69, 9.17) is 21.9 Å². The van der Waals surface area contributed by atoms with Crippen molar-refractivity contribution in [2.45, 2.75) is 26.8 Å². The molecule has 5 rings (SSSR count). The van der Waals surface area contributed by atoms with Gasteiger partial charge in [-0.25, -0.2) is 9.78 Å². The largest absolute Gasteiger partial charge is 0.450 e. The Balaban J connectivity index is 1.53. The van der Waals surface area contributed by atoms with E-state index >= 15 is 0 Å². The SMILES string of the molecule is CCOC(=O)N1CCN(c2nc3c(C)cccn3c(=O)c2/C=C2/SC(=S)N(C(C)c3ccccc3)C2=O)CC1. The van der Waals surface area contributed by atoms with Crippen LogP contribution in [0.1, 0.15) is 36.6 Å². The molecular weight excluding hydrogens is 534 g/mol. The number of nitrogens with zero attached hydrogens (tertiary/aromatic N) is 5. The lowest BCUT2D eigenvalue weighted by molar-refractivity contribution is -0.123. The van der Waals surface area contributed by atoms with Gasteiger partial charge in [-0.2, -0.15) is 0 Å². The Bertz CT molecular complexity index is 1530. The first kappa shape index (κ1) is 26.9. The first-order chi connectivity index (χ1) is 18.8. The number of carbonyl (C=O) groups is 2. The van der Waals surface area contributed by atoms with E-state index < -0.39 is 0 Å². The van der Waals surface area contributed by atoms with Crippen molar-refractivity contribution in [2.75, 3.05) is 37.7 Å². The number of aryl methyl sites for hydroxylation is 1. The van der Waals surface area contributed by atoms with Crippen LogP contribution in [0.25, 0.3) is 11.7 Å². The Morgan fingerprint density at radius 3 is 2.54 bits per heavy atom. The summed E-state index contributed by atoms with van der Waals surface area (Å²) in [5.41, 5.74) is 2.42. The summed E-state index contributed by atoms with van der Waals surface area (Å²) in [6, 6.07) is 13.2. The van der Waals surface area contributed by atoms with Gasteiger partial charge in [-0.15, -0.1) is 0 Å². The van der Waals surface area contributed by atoms with Crippen LogP contribution in [0.3, 0.4) is 0 Å². The van der Waals surface area contributed by atoms with Gasteiger partial charge in [0.1, 0.15) is 15.8 Å². The second-order valence-electron chi connectivity index (χ2n) is 9.35. The molecule has 2 amide bonds. The summed E-state index contributed by atoms with van der Waals surface area (Å²) in [5, 5.41) is 0. The van der Waals surface area contributed by atoms with Crippen molar-refractivity contribution < 1.29 is 14.3 Å². The minimum absolute atomic E-state index is 0.242. The molecule has 39 heavy (non-hydrogen) atoms. The summed E-state index contributed by atoms with van der Waals surface area (Å²) in [7, 11) is 0. The number of hydrogen-bond acceptors (Lipinski definition) is 8. The van der Waals surface area contributed by atoms with Gasteiger partial charge >= 0.3 is 6.09 Å². The van der Waals surface area contributed by atoms with Crippen molar-refractivity contribution in [2.24, 2.45) is 0 Å². The Labute approximate surface area is 236 Å². The standard InChI is InChI=1S/C28H29N5O4S2/c1-4-37-27(36)31-15-13-30(14-16-31)24-21(25(34)32-12-8-9-18(2)23(32)29-24)17-22-26(35)33(28(38)39-22)19(3)20-10-6-5-7-11-20/h5-12,17,19H,4,13-16H2,1-3H3/b22-17+. The van der Waals surface area contributed by atoms with Gasteiger partial charge in [0.2, 0.25) is 0 Å². The molecule has 2 aliphatic rings. The third-order valence-electron chi connectivity index (χ3n) is 6.94. The molecule has 1 aromatic carbocycles. The van der Waals surface area contributed by atoms with Gasteiger partial charge < -0.3 is 14.5 Å². The van der Waals surface area contributed by atoms with Gasteiger partial charge in [0.25, 0.3) is 11.5 Å². The number of aromatic nitrogens is 2. The number of hydrogen-bond donors (Lipinski definition) is 0. The monoisotopic (exact) mass is 563 g/mol. The van der Waals surface area contributed by atoms with E-state index in [-0.39, 0.29) is 23.6 Å². The molecule has 0 N–H and O–H groups in total. The lowest BCUT2D eigenvalue weighted by Gasteiger charge is -2.35. The predicted octanol–water partition coefficient (Wildman–Crippen LogP) is 4.24. The van der Waals surface area contributed by atoms with Crippen molar-refractivity contribution in [1.82, 2.24) is 19.2 Å². The third kappa shape index (κ3) is 5.16. The molecule has 0 aliphatic carbocycles. The summed E-state index contributed by atoms with van der Waals surface area (Å²) < 4.78 is 7.09. The van der Waals surface area contributed by atoms with Gasteiger partial charge in [0.05, 0.1) is 23.1 Å². The fraction of sp³-hybridized carbons (Fsp3) is 0.321. The zero-order valence-electron chi connectivity index (χ0n) is 22.0. The van der Waals surface area contributed by atoms with E-state index in [9.17, 15) is 14.4 Å². The van der Waals surface area contributed by atoms with Crippen molar-refractivity contribution in [3.63, 3.8) is 0 Å². The molecule has 2 fully saturated rings.